The van der Waals surface area contributed by atoms with Crippen molar-refractivity contribution in [1.29, 1.82) is 0 Å². The molecule has 72 valence electrons. The van der Waals surface area contributed by atoms with Crippen molar-refractivity contribution in [3.05, 3.63) is 0 Å². The Bertz CT molecular complexity index is 150. The van der Waals surface area contributed by atoms with Crippen molar-refractivity contribution in [2.45, 2.75) is 30.7 Å². The average molecular weight is 179 g/mol. The molecule has 0 aromatic rings. The second-order valence-corrected chi connectivity index (χ2v) is 2.77. The van der Waals surface area contributed by atoms with Gasteiger partial charge in [0, 0.05) is 6.54 Å². The Balaban J connectivity index is 2.63. The third-order valence-electron chi connectivity index (χ3n) is 1.92. The van der Waals surface area contributed by atoms with Gasteiger partial charge < -0.3 is 30.9 Å². The standard InChI is InChI=1S/C6H13NO5/c7-1-2-3(8)4(9)5(10)6(11)12-2/h2-6,8-11H,1,7H2/t2?,3-,4?,5-,6+/m0/s1. The van der Waals surface area contributed by atoms with Gasteiger partial charge >= 0.3 is 0 Å². The lowest BCUT2D eigenvalue weighted by atomic mass is 9.99. The van der Waals surface area contributed by atoms with Gasteiger partial charge in [0.15, 0.2) is 6.29 Å². The molecular formula is C6H13NO5. The van der Waals surface area contributed by atoms with Crippen LogP contribution in [-0.4, -0.2) is 57.7 Å². The minimum atomic E-state index is -1.49. The number of nitrogens with two attached hydrogens (primary N) is 1. The molecule has 0 aromatic carbocycles. The summed E-state index contributed by atoms with van der Waals surface area (Å²) in [4.78, 5) is 0. The molecule has 1 aliphatic rings. The van der Waals surface area contributed by atoms with Crippen molar-refractivity contribution < 1.29 is 25.2 Å². The molecule has 6 heteroatoms. The van der Waals surface area contributed by atoms with Crippen molar-refractivity contribution in [2.24, 2.45) is 5.73 Å². The molecule has 1 saturated heterocycles. The van der Waals surface area contributed by atoms with Crippen molar-refractivity contribution in [3.8, 4) is 0 Å². The highest BCUT2D eigenvalue weighted by Crippen LogP contribution is 2.18. The molecule has 6 N–H and O–H groups in total. The van der Waals surface area contributed by atoms with Crippen LogP contribution in [0.3, 0.4) is 0 Å². The zero-order valence-corrected chi connectivity index (χ0v) is 6.37. The Labute approximate surface area is 69.2 Å². The van der Waals surface area contributed by atoms with Gasteiger partial charge in [-0.15, -0.1) is 0 Å². The van der Waals surface area contributed by atoms with E-state index in [-0.39, 0.29) is 6.54 Å². The predicted molar refractivity (Wildman–Crippen MR) is 38.0 cm³/mol. The normalized spacial score (nSPS) is 49.2. The molecular weight excluding hydrogens is 166 g/mol. The van der Waals surface area contributed by atoms with Crippen molar-refractivity contribution >= 4 is 0 Å². The van der Waals surface area contributed by atoms with Crippen LogP contribution in [0.25, 0.3) is 0 Å². The largest absolute Gasteiger partial charge is 0.388 e. The van der Waals surface area contributed by atoms with E-state index in [1.807, 2.05) is 0 Å². The first-order valence-electron chi connectivity index (χ1n) is 3.65. The van der Waals surface area contributed by atoms with Crippen LogP contribution in [-0.2, 0) is 4.74 Å². The summed E-state index contributed by atoms with van der Waals surface area (Å²) in [5.41, 5.74) is 5.17. The van der Waals surface area contributed by atoms with Gasteiger partial charge in [-0.1, -0.05) is 0 Å². The van der Waals surface area contributed by atoms with E-state index in [0.717, 1.165) is 0 Å². The van der Waals surface area contributed by atoms with Gasteiger partial charge in [-0.25, -0.2) is 0 Å². The Morgan fingerprint density at radius 1 is 1.00 bits per heavy atom. The number of aliphatic hydroxyl groups excluding tert-OH is 4. The average Bonchev–Trinajstić information content (AvgIpc) is 2.08. The van der Waals surface area contributed by atoms with E-state index in [0.29, 0.717) is 0 Å². The SMILES string of the molecule is NCC1O[C@@H](O)[C@@H](O)C(O)[C@H]1O. The van der Waals surface area contributed by atoms with Crippen LogP contribution in [0.15, 0.2) is 0 Å². The Morgan fingerprint density at radius 3 is 2.08 bits per heavy atom. The predicted octanol–water partition coefficient (Wildman–Crippen LogP) is -3.25. The van der Waals surface area contributed by atoms with Gasteiger partial charge in [-0.3, -0.25) is 0 Å². The maximum Gasteiger partial charge on any atom is 0.184 e. The van der Waals surface area contributed by atoms with Gasteiger partial charge in [-0.2, -0.15) is 0 Å². The summed E-state index contributed by atoms with van der Waals surface area (Å²) in [6, 6.07) is 0. The highest BCUT2D eigenvalue weighted by atomic mass is 16.6. The fourth-order valence-electron chi connectivity index (χ4n) is 1.13. The lowest BCUT2D eigenvalue weighted by Gasteiger charge is -2.37. The van der Waals surface area contributed by atoms with Crippen molar-refractivity contribution in [3.63, 3.8) is 0 Å². The summed E-state index contributed by atoms with van der Waals surface area (Å²) in [7, 11) is 0. The molecule has 1 heterocycles. The molecule has 6 nitrogen and oxygen atoms in total. The fraction of sp³-hybridized carbons (Fsp3) is 1.00. The molecule has 0 saturated carbocycles. The van der Waals surface area contributed by atoms with Crippen LogP contribution in [0.5, 0.6) is 0 Å². The van der Waals surface area contributed by atoms with Crippen molar-refractivity contribution in [1.82, 2.24) is 0 Å². The van der Waals surface area contributed by atoms with Crippen LogP contribution in [0.1, 0.15) is 0 Å². The van der Waals surface area contributed by atoms with E-state index in [4.69, 9.17) is 25.8 Å². The number of hydrogen-bond donors (Lipinski definition) is 5. The molecule has 12 heavy (non-hydrogen) atoms. The number of rotatable bonds is 1. The summed E-state index contributed by atoms with van der Waals surface area (Å²) in [6.07, 6.45) is -6.48. The van der Waals surface area contributed by atoms with Gasteiger partial charge in [-0.05, 0) is 0 Å². The Morgan fingerprint density at radius 2 is 1.58 bits per heavy atom. The van der Waals surface area contributed by atoms with Crippen LogP contribution in [0.4, 0.5) is 0 Å². The maximum absolute atomic E-state index is 9.20. The summed E-state index contributed by atoms with van der Waals surface area (Å²) >= 11 is 0. The van der Waals surface area contributed by atoms with Crippen LogP contribution in [0, 0.1) is 0 Å². The van der Waals surface area contributed by atoms with E-state index >= 15 is 0 Å². The molecule has 1 aliphatic heterocycles. The third-order valence-corrected chi connectivity index (χ3v) is 1.92. The van der Waals surface area contributed by atoms with Crippen LogP contribution >= 0.6 is 0 Å². The molecule has 1 rings (SSSR count). The Hall–Kier alpha value is -0.240. The molecule has 1 fully saturated rings. The molecule has 2 unspecified atom stereocenters. The highest BCUT2D eigenvalue weighted by molar-refractivity contribution is 4.88. The number of hydrogen-bond acceptors (Lipinski definition) is 6. The first-order chi connectivity index (χ1) is 5.57. The monoisotopic (exact) mass is 179 g/mol. The van der Waals surface area contributed by atoms with Crippen LogP contribution < -0.4 is 5.73 Å². The van der Waals surface area contributed by atoms with Gasteiger partial charge in [0.25, 0.3) is 0 Å². The third kappa shape index (κ3) is 1.58. The Kier molecular flexibility index (Phi) is 2.99. The fourth-order valence-corrected chi connectivity index (χ4v) is 1.13. The summed E-state index contributed by atoms with van der Waals surface area (Å²) in [5, 5.41) is 36.3. The molecule has 0 aliphatic carbocycles. The molecule has 0 bridgehead atoms. The van der Waals surface area contributed by atoms with E-state index < -0.39 is 30.7 Å². The van der Waals surface area contributed by atoms with E-state index in [9.17, 15) is 5.11 Å². The second kappa shape index (κ2) is 3.65. The lowest BCUT2D eigenvalue weighted by molar-refractivity contribution is -0.279. The van der Waals surface area contributed by atoms with Gasteiger partial charge in [0.1, 0.15) is 24.4 Å². The highest BCUT2D eigenvalue weighted by Gasteiger charge is 2.42. The van der Waals surface area contributed by atoms with Crippen molar-refractivity contribution in [2.75, 3.05) is 6.54 Å². The first-order valence-corrected chi connectivity index (χ1v) is 3.65. The minimum Gasteiger partial charge on any atom is -0.388 e. The van der Waals surface area contributed by atoms with Gasteiger partial charge in [0.2, 0.25) is 0 Å². The van der Waals surface area contributed by atoms with Crippen LogP contribution in [0.2, 0.25) is 0 Å². The lowest BCUT2D eigenvalue weighted by Crippen LogP contribution is -2.59. The molecule has 0 radical (unpaired) electrons. The van der Waals surface area contributed by atoms with Gasteiger partial charge in [0.05, 0.1) is 0 Å². The summed E-state index contributed by atoms with van der Waals surface area (Å²) in [6.45, 7) is -0.0258. The zero-order chi connectivity index (χ0) is 9.30. The summed E-state index contributed by atoms with van der Waals surface area (Å²) in [5.74, 6) is 0. The molecule has 5 atom stereocenters. The first kappa shape index (κ1) is 9.85. The zero-order valence-electron chi connectivity index (χ0n) is 6.37. The summed E-state index contributed by atoms with van der Waals surface area (Å²) < 4.78 is 4.70. The maximum atomic E-state index is 9.20. The van der Waals surface area contributed by atoms with E-state index in [1.165, 1.54) is 0 Å². The van der Waals surface area contributed by atoms with E-state index in [2.05, 4.69) is 0 Å². The smallest absolute Gasteiger partial charge is 0.184 e. The quantitative estimate of drug-likeness (QED) is 0.288. The molecule has 0 aromatic heterocycles. The number of ether oxygens (including phenoxy) is 1. The molecule has 0 amide bonds. The second-order valence-electron chi connectivity index (χ2n) is 2.77. The minimum absolute atomic E-state index is 0.0258. The molecule has 0 spiro atoms. The topological polar surface area (TPSA) is 116 Å². The number of aliphatic hydroxyl groups is 4. The van der Waals surface area contributed by atoms with E-state index in [1.54, 1.807) is 0 Å².